The minimum absolute atomic E-state index is 0.350. The van der Waals surface area contributed by atoms with E-state index in [-0.39, 0.29) is 23.3 Å². The number of anilines is 6. The van der Waals surface area contributed by atoms with Gasteiger partial charge in [-0.05, 0) is 260 Å². The fraction of sp³-hybridized carbons (Fsp3) is 0.0222. The number of halogens is 4. The number of fused-ring (bicyclic) bond motifs is 9. The van der Waals surface area contributed by atoms with Crippen molar-refractivity contribution >= 4 is 68.2 Å². The second-order valence-corrected chi connectivity index (χ2v) is 25.0. The number of ether oxygens (including phenoxy) is 2. The highest BCUT2D eigenvalue weighted by Crippen LogP contribution is 2.60. The van der Waals surface area contributed by atoms with Crippen molar-refractivity contribution in [2.24, 2.45) is 0 Å². The van der Waals surface area contributed by atoms with E-state index in [0.717, 1.165) is 111 Å². The Balaban J connectivity index is 0.805. The largest absolute Gasteiger partial charge is 0.457 e. The third-order valence-corrected chi connectivity index (χ3v) is 19.5. The van der Waals surface area contributed by atoms with Crippen LogP contribution in [0.3, 0.4) is 0 Å². The van der Waals surface area contributed by atoms with Gasteiger partial charge in [0.1, 0.15) is 57.4 Å². The summed E-state index contributed by atoms with van der Waals surface area (Å²) in [7, 11) is 0. The second kappa shape index (κ2) is 24.2. The Kier molecular flexibility index (Phi) is 14.6. The molecule has 2 atom stereocenters. The zero-order valence-corrected chi connectivity index (χ0v) is 53.2. The van der Waals surface area contributed by atoms with Crippen molar-refractivity contribution in [2.75, 3.05) is 9.80 Å². The number of hydrogen-bond acceptors (Lipinski definition) is 5. The topological polar surface area (TPSA) is 38.1 Å². The maximum Gasteiger partial charge on any atom is 0.135 e. The zero-order chi connectivity index (χ0) is 66.9. The van der Waals surface area contributed by atoms with E-state index >= 15 is 17.6 Å². The van der Waals surface area contributed by atoms with E-state index in [0.29, 0.717) is 45.5 Å². The Labute approximate surface area is 569 Å². The molecule has 0 bridgehead atoms. The molecule has 0 fully saturated rings. The van der Waals surface area contributed by atoms with Gasteiger partial charge in [-0.2, -0.15) is 0 Å². The summed E-state index contributed by atoms with van der Waals surface area (Å²) in [5.74, 6) is 1.21. The summed E-state index contributed by atoms with van der Waals surface area (Å²) >= 11 is 0. The molecule has 9 heteroatoms. The lowest BCUT2D eigenvalue weighted by atomic mass is 9.67. The van der Waals surface area contributed by atoms with Crippen LogP contribution in [0.5, 0.6) is 23.0 Å². The smallest absolute Gasteiger partial charge is 0.135 e. The van der Waals surface area contributed by atoms with Gasteiger partial charge in [-0.15, -0.1) is 0 Å². The maximum atomic E-state index is 15.2. The van der Waals surface area contributed by atoms with Gasteiger partial charge in [0.15, 0.2) is 0 Å². The Morgan fingerprint density at radius 3 is 0.919 bits per heavy atom. The van der Waals surface area contributed by atoms with Crippen LogP contribution in [0, 0.1) is 23.3 Å². The van der Waals surface area contributed by atoms with Gasteiger partial charge >= 0.3 is 0 Å². The highest BCUT2D eigenvalue weighted by Gasteiger charge is 2.48. The van der Waals surface area contributed by atoms with Crippen LogP contribution in [-0.4, -0.2) is 0 Å². The van der Waals surface area contributed by atoms with Crippen LogP contribution in [-0.2, 0) is 10.8 Å². The summed E-state index contributed by atoms with van der Waals surface area (Å²) in [5, 5.41) is 1.62. The monoisotopic (exact) mass is 1290 g/mol. The minimum Gasteiger partial charge on any atom is -0.457 e. The van der Waals surface area contributed by atoms with Gasteiger partial charge in [0.25, 0.3) is 0 Å². The van der Waals surface area contributed by atoms with E-state index in [1.54, 1.807) is 36.4 Å². The van der Waals surface area contributed by atoms with Crippen molar-refractivity contribution in [3.05, 3.63) is 408 Å². The van der Waals surface area contributed by atoms with Gasteiger partial charge in [0, 0.05) is 44.9 Å². The van der Waals surface area contributed by atoms with E-state index in [1.807, 2.05) is 146 Å². The van der Waals surface area contributed by atoms with Crippen molar-refractivity contribution in [2.45, 2.75) is 10.8 Å². The van der Waals surface area contributed by atoms with Crippen molar-refractivity contribution in [3.63, 3.8) is 0 Å². The number of hydrogen-bond donors (Lipinski definition) is 0. The van der Waals surface area contributed by atoms with Crippen LogP contribution in [0.1, 0.15) is 55.6 Å². The lowest BCUT2D eigenvalue weighted by molar-refractivity contribution is 0.482. The SMILES string of the molecule is C=Cc1ccc(Oc2ccc(C3(c4ccc(F)cc4)c4ccccc4-c4ccc(N(c5ccc(F)cc5)c5ccc6oc7ccc(N(c8ccc(F)cc8)c8ccc9c(c8)C(c8ccc(F)cc8)(c8ccc(Oc%10ccc(C=C)cc%10)cc8)c8ccccc8-9)cc7c6c5)cc43)cc2)cc1. The average Bonchev–Trinajstić information content (AvgIpc) is 1.57. The highest BCUT2D eigenvalue weighted by atomic mass is 19.1. The first kappa shape index (κ1) is 60.0. The quantitative estimate of drug-likeness (QED) is 0.0902. The molecule has 14 aromatic carbocycles. The first-order valence-corrected chi connectivity index (χ1v) is 32.6. The summed E-state index contributed by atoms with van der Waals surface area (Å²) in [6, 6.07) is 100. The van der Waals surface area contributed by atoms with Crippen LogP contribution < -0.4 is 19.3 Å². The fourth-order valence-electron chi connectivity index (χ4n) is 15.1. The molecule has 2 aliphatic rings. The van der Waals surface area contributed by atoms with E-state index in [2.05, 4.69) is 120 Å². The van der Waals surface area contributed by atoms with Crippen LogP contribution in [0.15, 0.2) is 333 Å². The molecule has 2 unspecified atom stereocenters. The highest BCUT2D eigenvalue weighted by molar-refractivity contribution is 6.08. The third-order valence-electron chi connectivity index (χ3n) is 19.5. The molecule has 1 aromatic heterocycles. The van der Waals surface area contributed by atoms with E-state index in [1.165, 1.54) is 48.5 Å². The molecule has 474 valence electrons. The number of furan rings is 1. The Morgan fingerprint density at radius 1 is 0.283 bits per heavy atom. The third kappa shape index (κ3) is 10.2. The lowest BCUT2D eigenvalue weighted by Crippen LogP contribution is -2.29. The molecule has 0 radical (unpaired) electrons. The van der Waals surface area contributed by atoms with Crippen molar-refractivity contribution in [1.82, 2.24) is 0 Å². The Bertz CT molecular complexity index is 5270. The molecule has 99 heavy (non-hydrogen) atoms. The van der Waals surface area contributed by atoms with Crippen LogP contribution in [0.2, 0.25) is 0 Å². The second-order valence-electron chi connectivity index (χ2n) is 25.0. The molecule has 0 spiro atoms. The zero-order valence-electron chi connectivity index (χ0n) is 53.2. The van der Waals surface area contributed by atoms with Gasteiger partial charge in [-0.3, -0.25) is 0 Å². The van der Waals surface area contributed by atoms with Gasteiger partial charge in [-0.1, -0.05) is 159 Å². The van der Waals surface area contributed by atoms with Crippen molar-refractivity contribution in [3.8, 4) is 45.3 Å². The van der Waals surface area contributed by atoms with Crippen LogP contribution in [0.25, 0.3) is 56.3 Å². The molecule has 17 rings (SSSR count). The van der Waals surface area contributed by atoms with E-state index < -0.39 is 10.8 Å². The van der Waals surface area contributed by atoms with E-state index in [9.17, 15) is 0 Å². The van der Waals surface area contributed by atoms with Crippen molar-refractivity contribution < 1.29 is 31.5 Å². The normalized spacial score (nSPS) is 14.8. The standard InChI is InChI=1S/C90H58F4N2O3/c1-3-57-13-41-73(42-14-57)97-75-45-21-61(22-46-75)89(59-17-25-63(91)26-18-59)83-11-7-5-9-77(83)79-49-37-71(55-85(79)89)95(67-33-29-65(93)30-34-67)69-39-51-87-81(53-69)82-54-70(40-52-88(82)99-87)96(68-35-31-66(94)32-36-68)72-38-50-80-78-10-6-8-12-84(78)90(86(80)56-72,60-19-27-64(92)28-20-60)62-23-47-76(48-24-62)98-74-43-15-58(4-2)16-44-74/h3-56H,1-2H2. The molecule has 0 amide bonds. The van der Waals surface area contributed by atoms with Crippen LogP contribution in [0.4, 0.5) is 51.7 Å². The Morgan fingerprint density at radius 2 is 0.566 bits per heavy atom. The number of benzene rings is 14. The van der Waals surface area contributed by atoms with Gasteiger partial charge in [0.05, 0.1) is 10.8 Å². The lowest BCUT2D eigenvalue weighted by Gasteiger charge is -2.35. The minimum atomic E-state index is -0.947. The number of rotatable bonds is 16. The Hall–Kier alpha value is -12.7. The van der Waals surface area contributed by atoms with Gasteiger partial charge in [0.2, 0.25) is 0 Å². The summed E-state index contributed by atoms with van der Waals surface area (Å²) in [6.07, 6.45) is 3.58. The molecular formula is C90H58F4N2O3. The summed E-state index contributed by atoms with van der Waals surface area (Å²) in [6.45, 7) is 7.78. The van der Waals surface area contributed by atoms with E-state index in [4.69, 9.17) is 13.9 Å². The fourth-order valence-corrected chi connectivity index (χ4v) is 15.1. The molecular weight excluding hydrogens is 1230 g/mol. The molecule has 1 heterocycles. The molecule has 0 N–H and O–H groups in total. The predicted octanol–water partition coefficient (Wildman–Crippen LogP) is 24.7. The molecule has 0 aliphatic heterocycles. The maximum absolute atomic E-state index is 15.2. The molecule has 15 aromatic rings. The van der Waals surface area contributed by atoms with Crippen LogP contribution >= 0.6 is 0 Å². The van der Waals surface area contributed by atoms with Gasteiger partial charge in [-0.25, -0.2) is 17.6 Å². The molecule has 5 nitrogen and oxygen atoms in total. The summed E-state index contributed by atoms with van der Waals surface area (Å²) in [5.41, 5.74) is 17.6. The average molecular weight is 1290 g/mol. The predicted molar refractivity (Wildman–Crippen MR) is 391 cm³/mol. The number of nitrogens with zero attached hydrogens (tertiary/aromatic N) is 2. The molecule has 2 aliphatic carbocycles. The molecule has 0 saturated carbocycles. The summed E-state index contributed by atoms with van der Waals surface area (Å²) in [4.78, 5) is 4.25. The summed E-state index contributed by atoms with van der Waals surface area (Å²) < 4.78 is 80.3. The molecule has 0 saturated heterocycles. The van der Waals surface area contributed by atoms with Crippen molar-refractivity contribution in [1.29, 1.82) is 0 Å². The first-order valence-electron chi connectivity index (χ1n) is 32.6. The first-order chi connectivity index (χ1) is 48.5. The van der Waals surface area contributed by atoms with Gasteiger partial charge < -0.3 is 23.7 Å².